The molecule has 0 aliphatic heterocycles. The minimum atomic E-state index is -4.45. The zero-order chi connectivity index (χ0) is 13.8. The zero-order valence-corrected chi connectivity index (χ0v) is 10.3. The molecule has 100 valence electrons. The van der Waals surface area contributed by atoms with E-state index >= 15 is 0 Å². The molecule has 0 heterocycles. The van der Waals surface area contributed by atoms with Gasteiger partial charge in [-0.25, -0.2) is 0 Å². The lowest BCUT2D eigenvalue weighted by Gasteiger charge is -2.09. The van der Waals surface area contributed by atoms with E-state index in [9.17, 15) is 21.6 Å². The van der Waals surface area contributed by atoms with Gasteiger partial charge in [0.15, 0.2) is 0 Å². The van der Waals surface area contributed by atoms with Crippen molar-refractivity contribution in [1.29, 1.82) is 0 Å². The summed E-state index contributed by atoms with van der Waals surface area (Å²) in [5.41, 5.74) is -0.817. The number of rotatable bonds is 4. The number of alkyl halides is 3. The van der Waals surface area contributed by atoms with E-state index in [-0.39, 0.29) is 12.2 Å². The van der Waals surface area contributed by atoms with Crippen LogP contribution in [-0.4, -0.2) is 21.3 Å². The third-order valence-electron chi connectivity index (χ3n) is 1.94. The quantitative estimate of drug-likeness (QED) is 0.796. The van der Waals surface area contributed by atoms with Crippen molar-refractivity contribution in [3.63, 3.8) is 0 Å². The van der Waals surface area contributed by atoms with Gasteiger partial charge in [-0.1, -0.05) is 30.4 Å². The maximum Gasteiger partial charge on any atom is 0.416 e. The lowest BCUT2D eigenvalue weighted by molar-refractivity contribution is -0.137. The molecular weight excluding hydrogens is 269 g/mol. The van der Waals surface area contributed by atoms with Crippen LogP contribution in [0.15, 0.2) is 30.3 Å². The van der Waals surface area contributed by atoms with Crippen molar-refractivity contribution in [1.82, 2.24) is 0 Å². The smallest absolute Gasteiger partial charge is 0.266 e. The first kappa shape index (κ1) is 14.7. The molecule has 0 saturated heterocycles. The lowest BCUT2D eigenvalue weighted by atomic mass is 10.1. The first-order valence-corrected chi connectivity index (χ1v) is 6.69. The Kier molecular flexibility index (Phi) is 4.53. The van der Waals surface area contributed by atoms with E-state index in [1.54, 1.807) is 0 Å². The predicted molar refractivity (Wildman–Crippen MR) is 61.3 cm³/mol. The molecule has 0 unspecified atom stereocenters. The normalized spacial score (nSPS) is 13.1. The van der Waals surface area contributed by atoms with Crippen LogP contribution in [0.4, 0.5) is 13.2 Å². The summed E-state index contributed by atoms with van der Waals surface area (Å²) in [5.74, 6) is 0. The van der Waals surface area contributed by atoms with Gasteiger partial charge in [-0.05, 0) is 11.6 Å². The number of halogens is 3. The van der Waals surface area contributed by atoms with Crippen LogP contribution in [0.2, 0.25) is 0 Å². The highest BCUT2D eigenvalue weighted by Crippen LogP contribution is 2.32. The van der Waals surface area contributed by atoms with Gasteiger partial charge in [0.05, 0.1) is 18.4 Å². The number of hydrogen-bond acceptors (Lipinski definition) is 3. The minimum absolute atomic E-state index is 0.0397. The Balaban J connectivity index is 2.82. The van der Waals surface area contributed by atoms with E-state index in [1.807, 2.05) is 0 Å². The summed E-state index contributed by atoms with van der Waals surface area (Å²) in [5, 5.41) is 0. The Morgan fingerprint density at radius 2 is 1.89 bits per heavy atom. The van der Waals surface area contributed by atoms with E-state index in [0.717, 1.165) is 12.3 Å². The van der Waals surface area contributed by atoms with Crippen molar-refractivity contribution >= 4 is 16.2 Å². The molecule has 0 atom stereocenters. The molecule has 1 aromatic carbocycles. The van der Waals surface area contributed by atoms with Gasteiger partial charge in [0.2, 0.25) is 0 Å². The van der Waals surface area contributed by atoms with Crippen molar-refractivity contribution in [2.75, 3.05) is 12.9 Å². The second-order valence-corrected chi connectivity index (χ2v) is 5.12. The summed E-state index contributed by atoms with van der Waals surface area (Å²) in [6.07, 6.45) is -1.19. The third kappa shape index (κ3) is 4.89. The first-order chi connectivity index (χ1) is 8.20. The van der Waals surface area contributed by atoms with E-state index in [0.29, 0.717) is 0 Å². The summed E-state index contributed by atoms with van der Waals surface area (Å²) in [7, 11) is -3.59. The van der Waals surface area contributed by atoms with Crippen molar-refractivity contribution in [3.8, 4) is 0 Å². The molecule has 0 bridgehead atoms. The second-order valence-electron chi connectivity index (χ2n) is 3.48. The molecule has 1 rings (SSSR count). The molecule has 0 saturated carbocycles. The molecule has 0 aromatic heterocycles. The highest BCUT2D eigenvalue weighted by molar-refractivity contribution is 7.85. The standard InChI is InChI=1S/C11H11F3O3S/c1-18(15,16)17-8-4-6-9-5-2-3-7-10(9)11(12,13)14/h2-7H,8H2,1H3. The van der Waals surface area contributed by atoms with Crippen molar-refractivity contribution < 1.29 is 25.8 Å². The van der Waals surface area contributed by atoms with Crippen LogP contribution in [0.5, 0.6) is 0 Å². The Morgan fingerprint density at radius 3 is 2.44 bits per heavy atom. The predicted octanol–water partition coefficient (Wildman–Crippen LogP) is 2.69. The first-order valence-electron chi connectivity index (χ1n) is 4.87. The average Bonchev–Trinajstić information content (AvgIpc) is 2.22. The SMILES string of the molecule is CS(=O)(=O)OCC=Cc1ccccc1C(F)(F)F. The Morgan fingerprint density at radius 1 is 1.28 bits per heavy atom. The van der Waals surface area contributed by atoms with Gasteiger partial charge in [0.1, 0.15) is 0 Å². The maximum absolute atomic E-state index is 12.6. The molecule has 7 heteroatoms. The maximum atomic E-state index is 12.6. The number of hydrogen-bond donors (Lipinski definition) is 0. The molecule has 0 spiro atoms. The van der Waals surface area contributed by atoms with Crippen molar-refractivity contribution in [2.24, 2.45) is 0 Å². The van der Waals surface area contributed by atoms with Crippen LogP contribution < -0.4 is 0 Å². The highest BCUT2D eigenvalue weighted by Gasteiger charge is 2.32. The second kappa shape index (κ2) is 5.53. The van der Waals surface area contributed by atoms with Crippen LogP contribution in [0.3, 0.4) is 0 Å². The van der Waals surface area contributed by atoms with Gasteiger partial charge < -0.3 is 0 Å². The Labute approximate surface area is 103 Å². The van der Waals surface area contributed by atoms with Crippen LogP contribution in [0.25, 0.3) is 6.08 Å². The fraction of sp³-hybridized carbons (Fsp3) is 0.273. The van der Waals surface area contributed by atoms with Gasteiger partial charge in [0.25, 0.3) is 10.1 Å². The van der Waals surface area contributed by atoms with E-state index in [2.05, 4.69) is 4.18 Å². The molecule has 0 N–H and O–H groups in total. The minimum Gasteiger partial charge on any atom is -0.266 e. The Bertz CT molecular complexity index is 533. The van der Waals surface area contributed by atoms with Crippen LogP contribution in [-0.2, 0) is 20.5 Å². The van der Waals surface area contributed by atoms with Gasteiger partial charge in [-0.3, -0.25) is 4.18 Å². The van der Waals surface area contributed by atoms with Gasteiger partial charge >= 0.3 is 6.18 Å². The van der Waals surface area contributed by atoms with Crippen LogP contribution in [0.1, 0.15) is 11.1 Å². The van der Waals surface area contributed by atoms with Crippen molar-refractivity contribution in [3.05, 3.63) is 41.5 Å². The van der Waals surface area contributed by atoms with E-state index in [1.165, 1.54) is 30.4 Å². The highest BCUT2D eigenvalue weighted by atomic mass is 32.2. The molecule has 0 fully saturated rings. The lowest BCUT2D eigenvalue weighted by Crippen LogP contribution is -2.07. The van der Waals surface area contributed by atoms with Crippen LogP contribution >= 0.6 is 0 Å². The fourth-order valence-electron chi connectivity index (χ4n) is 1.24. The van der Waals surface area contributed by atoms with Gasteiger partial charge in [-0.15, -0.1) is 0 Å². The topological polar surface area (TPSA) is 43.4 Å². The molecular formula is C11H11F3O3S. The van der Waals surface area contributed by atoms with E-state index < -0.39 is 21.9 Å². The molecule has 18 heavy (non-hydrogen) atoms. The number of benzene rings is 1. The molecule has 0 aliphatic rings. The van der Waals surface area contributed by atoms with E-state index in [4.69, 9.17) is 0 Å². The summed E-state index contributed by atoms with van der Waals surface area (Å²) >= 11 is 0. The summed E-state index contributed by atoms with van der Waals surface area (Å²) < 4.78 is 63.4. The fourth-order valence-corrected chi connectivity index (χ4v) is 1.56. The van der Waals surface area contributed by atoms with Crippen molar-refractivity contribution in [2.45, 2.75) is 6.18 Å². The van der Waals surface area contributed by atoms with Gasteiger partial charge in [-0.2, -0.15) is 21.6 Å². The Hall–Kier alpha value is -1.34. The molecule has 3 nitrogen and oxygen atoms in total. The molecule has 0 radical (unpaired) electrons. The molecule has 0 aliphatic carbocycles. The summed E-state index contributed by atoms with van der Waals surface area (Å²) in [6.45, 7) is -0.301. The average molecular weight is 280 g/mol. The third-order valence-corrected chi connectivity index (χ3v) is 2.51. The summed E-state index contributed by atoms with van der Waals surface area (Å²) in [4.78, 5) is 0. The molecule has 1 aromatic rings. The van der Waals surface area contributed by atoms with Gasteiger partial charge in [0, 0.05) is 0 Å². The monoisotopic (exact) mass is 280 g/mol. The molecule has 0 amide bonds. The summed E-state index contributed by atoms with van der Waals surface area (Å²) in [6, 6.07) is 5.00. The largest absolute Gasteiger partial charge is 0.416 e. The zero-order valence-electron chi connectivity index (χ0n) is 9.44. The van der Waals surface area contributed by atoms with Crippen LogP contribution in [0, 0.1) is 0 Å².